The van der Waals surface area contributed by atoms with Crippen LogP contribution < -0.4 is 4.74 Å². The van der Waals surface area contributed by atoms with Crippen LogP contribution in [-0.4, -0.2) is 27.7 Å². The first-order valence-electron chi connectivity index (χ1n) is 5.50. The number of methoxy groups -OCH3 is 1. The summed E-state index contributed by atoms with van der Waals surface area (Å²) in [6, 6.07) is 5.33. The number of ether oxygens (including phenoxy) is 1. The van der Waals surface area contributed by atoms with Gasteiger partial charge >= 0.3 is 5.97 Å². The van der Waals surface area contributed by atoms with Gasteiger partial charge in [0.1, 0.15) is 5.75 Å². The summed E-state index contributed by atoms with van der Waals surface area (Å²) in [4.78, 5) is 14.8. The minimum atomic E-state index is -0.853. The predicted molar refractivity (Wildman–Crippen MR) is 66.2 cm³/mol. The van der Waals surface area contributed by atoms with Crippen LogP contribution >= 0.6 is 0 Å². The molecule has 0 aliphatic carbocycles. The van der Waals surface area contributed by atoms with Crippen molar-refractivity contribution in [2.75, 3.05) is 7.11 Å². The summed E-state index contributed by atoms with van der Waals surface area (Å²) in [5.74, 6) is -0.168. The lowest BCUT2D eigenvalue weighted by molar-refractivity contribution is -0.136. The molecule has 1 heterocycles. The van der Waals surface area contributed by atoms with Crippen LogP contribution in [-0.2, 0) is 11.2 Å². The largest absolute Gasteiger partial charge is 0.495 e. The van der Waals surface area contributed by atoms with Crippen molar-refractivity contribution in [3.8, 4) is 11.4 Å². The zero-order chi connectivity index (χ0) is 13.1. The first-order chi connectivity index (χ1) is 8.61. The zero-order valence-electron chi connectivity index (χ0n) is 10.3. The third-order valence-corrected chi connectivity index (χ3v) is 2.68. The molecule has 0 atom stereocenters. The van der Waals surface area contributed by atoms with Crippen molar-refractivity contribution in [2.24, 2.45) is 0 Å². The summed E-state index contributed by atoms with van der Waals surface area (Å²) >= 11 is 0. The lowest BCUT2D eigenvalue weighted by Crippen LogP contribution is -2.03. The van der Waals surface area contributed by atoms with Crippen molar-refractivity contribution in [1.82, 2.24) is 9.55 Å². The van der Waals surface area contributed by atoms with Crippen molar-refractivity contribution < 1.29 is 14.6 Å². The van der Waals surface area contributed by atoms with Gasteiger partial charge < -0.3 is 9.84 Å². The summed E-state index contributed by atoms with van der Waals surface area (Å²) in [6.07, 6.45) is 3.41. The standard InChI is InChI=1S/C13H14N2O3/c1-9-7-14-8-15(9)11-5-10(6-13(16)17)3-4-12(11)18-2/h3-5,7-8H,6H2,1-2H3,(H,16,17). The van der Waals surface area contributed by atoms with E-state index in [1.165, 1.54) is 0 Å². The van der Waals surface area contributed by atoms with Crippen molar-refractivity contribution >= 4 is 5.97 Å². The van der Waals surface area contributed by atoms with Gasteiger partial charge in [-0.25, -0.2) is 4.98 Å². The second kappa shape index (κ2) is 4.91. The summed E-state index contributed by atoms with van der Waals surface area (Å²) in [5, 5.41) is 8.82. The number of aliphatic carboxylic acids is 1. The van der Waals surface area contributed by atoms with Crippen LogP contribution in [0.1, 0.15) is 11.3 Å². The number of hydrogen-bond donors (Lipinski definition) is 1. The molecule has 2 aromatic rings. The highest BCUT2D eigenvalue weighted by molar-refractivity contribution is 5.71. The summed E-state index contributed by atoms with van der Waals surface area (Å²) in [7, 11) is 1.59. The normalized spacial score (nSPS) is 10.3. The number of aromatic nitrogens is 2. The topological polar surface area (TPSA) is 64.3 Å². The van der Waals surface area contributed by atoms with Gasteiger partial charge in [-0.15, -0.1) is 0 Å². The number of nitrogens with zero attached hydrogens (tertiary/aromatic N) is 2. The second-order valence-electron chi connectivity index (χ2n) is 3.98. The zero-order valence-corrected chi connectivity index (χ0v) is 10.3. The number of aryl methyl sites for hydroxylation is 1. The van der Waals surface area contributed by atoms with Crippen LogP contribution in [0, 0.1) is 6.92 Å². The molecule has 94 valence electrons. The first-order valence-corrected chi connectivity index (χ1v) is 5.50. The van der Waals surface area contributed by atoms with Crippen LogP contribution in [0.25, 0.3) is 5.69 Å². The third-order valence-electron chi connectivity index (χ3n) is 2.68. The molecule has 0 aliphatic rings. The van der Waals surface area contributed by atoms with Crippen molar-refractivity contribution in [3.63, 3.8) is 0 Å². The molecule has 0 radical (unpaired) electrons. The van der Waals surface area contributed by atoms with Crippen LogP contribution in [0.15, 0.2) is 30.7 Å². The molecule has 5 heteroatoms. The van der Waals surface area contributed by atoms with Crippen LogP contribution in [0.5, 0.6) is 5.75 Å². The van der Waals surface area contributed by atoms with E-state index in [2.05, 4.69) is 4.98 Å². The second-order valence-corrected chi connectivity index (χ2v) is 3.98. The van der Waals surface area contributed by atoms with Gasteiger partial charge in [-0.3, -0.25) is 9.36 Å². The van der Waals surface area contributed by atoms with Gasteiger partial charge in [0.2, 0.25) is 0 Å². The van der Waals surface area contributed by atoms with Crippen molar-refractivity contribution in [2.45, 2.75) is 13.3 Å². The molecule has 0 bridgehead atoms. The maximum Gasteiger partial charge on any atom is 0.307 e. The fourth-order valence-electron chi connectivity index (χ4n) is 1.82. The maximum absolute atomic E-state index is 10.7. The molecule has 0 saturated carbocycles. The summed E-state index contributed by atoms with van der Waals surface area (Å²) in [6.45, 7) is 1.93. The van der Waals surface area contributed by atoms with E-state index in [1.54, 1.807) is 31.8 Å². The van der Waals surface area contributed by atoms with E-state index in [-0.39, 0.29) is 6.42 Å². The number of carbonyl (C=O) groups is 1. The van der Waals surface area contributed by atoms with Gasteiger partial charge in [-0.05, 0) is 24.6 Å². The number of carboxylic acid groups (broad SMARTS) is 1. The number of benzene rings is 1. The molecule has 2 rings (SSSR count). The van der Waals surface area contributed by atoms with Crippen molar-refractivity contribution in [1.29, 1.82) is 0 Å². The predicted octanol–water partition coefficient (Wildman–Crippen LogP) is 1.82. The molecule has 5 nitrogen and oxygen atoms in total. The van der Waals surface area contributed by atoms with E-state index in [0.29, 0.717) is 5.75 Å². The minimum Gasteiger partial charge on any atom is -0.495 e. The fourth-order valence-corrected chi connectivity index (χ4v) is 1.82. The average Bonchev–Trinajstić information content (AvgIpc) is 2.74. The number of carboxylic acids is 1. The molecule has 0 fully saturated rings. The Morgan fingerprint density at radius 1 is 1.50 bits per heavy atom. The average molecular weight is 246 g/mol. The van der Waals surface area contributed by atoms with E-state index in [4.69, 9.17) is 9.84 Å². The summed E-state index contributed by atoms with van der Waals surface area (Å²) in [5.41, 5.74) is 2.48. The molecular formula is C13H14N2O3. The van der Waals surface area contributed by atoms with E-state index in [1.807, 2.05) is 17.6 Å². The van der Waals surface area contributed by atoms with E-state index >= 15 is 0 Å². The Balaban J connectivity index is 2.49. The fraction of sp³-hybridized carbons (Fsp3) is 0.231. The Bertz CT molecular complexity index is 575. The third kappa shape index (κ3) is 2.34. The van der Waals surface area contributed by atoms with Gasteiger partial charge in [0, 0.05) is 11.9 Å². The van der Waals surface area contributed by atoms with Gasteiger partial charge in [0.05, 0.1) is 25.5 Å². The number of imidazole rings is 1. The highest BCUT2D eigenvalue weighted by Gasteiger charge is 2.10. The van der Waals surface area contributed by atoms with Crippen LogP contribution in [0.3, 0.4) is 0 Å². The molecule has 18 heavy (non-hydrogen) atoms. The van der Waals surface area contributed by atoms with E-state index < -0.39 is 5.97 Å². The van der Waals surface area contributed by atoms with Gasteiger partial charge in [-0.1, -0.05) is 6.07 Å². The molecule has 0 aliphatic heterocycles. The summed E-state index contributed by atoms with van der Waals surface area (Å²) < 4.78 is 7.15. The minimum absolute atomic E-state index is 0.00919. The molecular weight excluding hydrogens is 232 g/mol. The Kier molecular flexibility index (Phi) is 3.32. The number of rotatable bonds is 4. The molecule has 0 spiro atoms. The highest BCUT2D eigenvalue weighted by Crippen LogP contribution is 2.25. The Morgan fingerprint density at radius 2 is 2.28 bits per heavy atom. The van der Waals surface area contributed by atoms with Gasteiger partial charge in [0.15, 0.2) is 0 Å². The smallest absolute Gasteiger partial charge is 0.307 e. The van der Waals surface area contributed by atoms with E-state index in [9.17, 15) is 4.79 Å². The highest BCUT2D eigenvalue weighted by atomic mass is 16.5. The molecule has 1 aromatic heterocycles. The molecule has 0 amide bonds. The quantitative estimate of drug-likeness (QED) is 0.893. The SMILES string of the molecule is COc1ccc(CC(=O)O)cc1-n1cncc1C. The van der Waals surface area contributed by atoms with Gasteiger partial charge in [-0.2, -0.15) is 0 Å². The lowest BCUT2D eigenvalue weighted by Gasteiger charge is -2.12. The molecule has 0 saturated heterocycles. The lowest BCUT2D eigenvalue weighted by atomic mass is 10.1. The van der Waals surface area contributed by atoms with Crippen molar-refractivity contribution in [3.05, 3.63) is 42.0 Å². The van der Waals surface area contributed by atoms with Crippen LogP contribution in [0.2, 0.25) is 0 Å². The van der Waals surface area contributed by atoms with E-state index in [0.717, 1.165) is 16.9 Å². The van der Waals surface area contributed by atoms with Gasteiger partial charge in [0.25, 0.3) is 0 Å². The molecule has 1 N–H and O–H groups in total. The monoisotopic (exact) mass is 246 g/mol. The maximum atomic E-state index is 10.7. The Labute approximate surface area is 105 Å². The first kappa shape index (κ1) is 12.2. The Hall–Kier alpha value is -2.30. The number of hydrogen-bond acceptors (Lipinski definition) is 3. The molecule has 1 aromatic carbocycles. The Morgan fingerprint density at radius 3 is 2.83 bits per heavy atom. The molecule has 0 unspecified atom stereocenters. The van der Waals surface area contributed by atoms with Crippen LogP contribution in [0.4, 0.5) is 0 Å².